The maximum Gasteiger partial charge on any atom is 0.362 e. The maximum absolute atomic E-state index is 12.7. The quantitative estimate of drug-likeness (QED) is 0.233. The van der Waals surface area contributed by atoms with Crippen molar-refractivity contribution in [2.24, 2.45) is 5.92 Å². The van der Waals surface area contributed by atoms with Gasteiger partial charge in [0.25, 0.3) is 0 Å². The van der Waals surface area contributed by atoms with E-state index in [9.17, 15) is 9.46 Å². The van der Waals surface area contributed by atoms with Gasteiger partial charge in [-0.3, -0.25) is 4.57 Å². The standard InChI is InChI=1S/C21H44NO4P/c1-6-7-8-9-10-11-12-13-19-14-16-20(17-15-19)26-27(23,24)21(25-5)18-22(2,3)4/h19-21H,6-18H2,1-5H3/p+1. The average Bonchev–Trinajstić information content (AvgIpc) is 2.59. The molecule has 162 valence electrons. The van der Waals surface area contributed by atoms with Crippen molar-refractivity contribution < 1.29 is 23.2 Å². The van der Waals surface area contributed by atoms with Gasteiger partial charge in [0.15, 0.2) is 0 Å². The summed E-state index contributed by atoms with van der Waals surface area (Å²) in [5, 5.41) is 0. The van der Waals surface area contributed by atoms with Gasteiger partial charge in [-0.1, -0.05) is 58.3 Å². The van der Waals surface area contributed by atoms with Crippen LogP contribution >= 0.6 is 7.60 Å². The Morgan fingerprint density at radius 2 is 1.56 bits per heavy atom. The molecule has 1 aliphatic rings. The highest BCUT2D eigenvalue weighted by atomic mass is 31.2. The molecule has 0 bridgehead atoms. The Morgan fingerprint density at radius 1 is 1.00 bits per heavy atom. The zero-order valence-electron chi connectivity index (χ0n) is 18.5. The van der Waals surface area contributed by atoms with Crippen LogP contribution in [0.5, 0.6) is 0 Å². The first-order chi connectivity index (χ1) is 12.7. The smallest absolute Gasteiger partial charge is 0.362 e. The number of nitrogens with zero attached hydrogens (tertiary/aromatic N) is 1. The highest BCUT2D eigenvalue weighted by Crippen LogP contribution is 2.51. The molecule has 2 unspecified atom stereocenters. The van der Waals surface area contributed by atoms with Crippen molar-refractivity contribution in [3.05, 3.63) is 0 Å². The molecule has 0 spiro atoms. The number of hydrogen-bond acceptors (Lipinski definition) is 3. The van der Waals surface area contributed by atoms with Gasteiger partial charge in [-0.25, -0.2) is 0 Å². The minimum atomic E-state index is -3.76. The number of rotatable bonds is 14. The first-order valence-corrected chi connectivity index (χ1v) is 12.7. The number of unbranched alkanes of at least 4 members (excludes halogenated alkanes) is 6. The van der Waals surface area contributed by atoms with Crippen LogP contribution in [-0.4, -0.2) is 56.1 Å². The Labute approximate surface area is 167 Å². The van der Waals surface area contributed by atoms with Crippen molar-refractivity contribution in [3.63, 3.8) is 0 Å². The number of likely N-dealkylation sites (N-methyl/N-ethyl adjacent to an activating group) is 1. The van der Waals surface area contributed by atoms with Gasteiger partial charge in [-0.05, 0) is 31.6 Å². The van der Waals surface area contributed by atoms with Gasteiger partial charge in [0, 0.05) is 7.11 Å². The largest absolute Gasteiger partial charge is 0.364 e. The minimum Gasteiger partial charge on any atom is -0.364 e. The van der Waals surface area contributed by atoms with Gasteiger partial charge < -0.3 is 18.6 Å². The first-order valence-electron chi connectivity index (χ1n) is 11.0. The molecule has 1 aliphatic carbocycles. The first kappa shape index (κ1) is 25.1. The number of hydrogen-bond donors (Lipinski definition) is 1. The number of quaternary nitrogens is 1. The van der Waals surface area contributed by atoms with E-state index in [0.717, 1.165) is 31.6 Å². The predicted octanol–water partition coefficient (Wildman–Crippen LogP) is 5.57. The summed E-state index contributed by atoms with van der Waals surface area (Å²) in [6, 6.07) is 0. The third-order valence-electron chi connectivity index (χ3n) is 5.65. The van der Waals surface area contributed by atoms with E-state index < -0.39 is 13.4 Å². The molecule has 0 aromatic carbocycles. The van der Waals surface area contributed by atoms with Crippen LogP contribution in [0.25, 0.3) is 0 Å². The third-order valence-corrected chi connectivity index (χ3v) is 7.35. The van der Waals surface area contributed by atoms with E-state index in [0.29, 0.717) is 11.0 Å². The van der Waals surface area contributed by atoms with Crippen LogP contribution in [0, 0.1) is 5.92 Å². The molecule has 6 heteroatoms. The molecule has 1 N–H and O–H groups in total. The highest BCUT2D eigenvalue weighted by Gasteiger charge is 2.39. The number of methoxy groups -OCH3 is 1. The topological polar surface area (TPSA) is 55.8 Å². The lowest BCUT2D eigenvalue weighted by Crippen LogP contribution is -2.42. The minimum absolute atomic E-state index is 0.101. The van der Waals surface area contributed by atoms with Crippen LogP contribution in [0.2, 0.25) is 0 Å². The van der Waals surface area contributed by atoms with E-state index in [1.807, 2.05) is 21.1 Å². The van der Waals surface area contributed by atoms with Crippen molar-refractivity contribution >= 4 is 7.60 Å². The lowest BCUT2D eigenvalue weighted by Gasteiger charge is -2.33. The van der Waals surface area contributed by atoms with Crippen LogP contribution in [0.4, 0.5) is 0 Å². The second-order valence-electron chi connectivity index (χ2n) is 9.39. The average molecular weight is 407 g/mol. The third kappa shape index (κ3) is 11.0. The Kier molecular flexibility index (Phi) is 11.7. The van der Waals surface area contributed by atoms with Crippen LogP contribution in [-0.2, 0) is 13.8 Å². The molecule has 2 atom stereocenters. The van der Waals surface area contributed by atoms with Crippen LogP contribution in [0.3, 0.4) is 0 Å². The fourth-order valence-corrected chi connectivity index (χ4v) is 5.71. The molecule has 0 amide bonds. The summed E-state index contributed by atoms with van der Waals surface area (Å²) >= 11 is 0. The van der Waals surface area contributed by atoms with Crippen LogP contribution in [0.1, 0.15) is 84.0 Å². The van der Waals surface area contributed by atoms with Gasteiger partial charge in [-0.15, -0.1) is 0 Å². The maximum atomic E-state index is 12.7. The monoisotopic (exact) mass is 406 g/mol. The summed E-state index contributed by atoms with van der Waals surface area (Å²) in [6.45, 7) is 2.72. The van der Waals surface area contributed by atoms with Crippen LogP contribution < -0.4 is 0 Å². The lowest BCUT2D eigenvalue weighted by molar-refractivity contribution is -0.872. The molecular weight excluding hydrogens is 361 g/mol. The van der Waals surface area contributed by atoms with Gasteiger partial charge in [0.1, 0.15) is 6.54 Å². The molecule has 1 saturated carbocycles. The summed E-state index contributed by atoms with van der Waals surface area (Å²) in [5.41, 5.74) is 0. The van der Waals surface area contributed by atoms with Crippen molar-refractivity contribution in [1.82, 2.24) is 0 Å². The van der Waals surface area contributed by atoms with Gasteiger partial charge >= 0.3 is 7.60 Å². The van der Waals surface area contributed by atoms with E-state index in [1.54, 1.807) is 0 Å². The van der Waals surface area contributed by atoms with Gasteiger partial charge in [0.05, 0.1) is 27.2 Å². The number of ether oxygens (including phenoxy) is 1. The van der Waals surface area contributed by atoms with E-state index in [1.165, 1.54) is 58.5 Å². The van der Waals surface area contributed by atoms with E-state index in [4.69, 9.17) is 9.26 Å². The summed E-state index contributed by atoms with van der Waals surface area (Å²) in [4.78, 5) is 10.4. The Morgan fingerprint density at radius 3 is 2.07 bits per heavy atom. The second-order valence-corrected chi connectivity index (χ2v) is 11.3. The van der Waals surface area contributed by atoms with E-state index in [-0.39, 0.29) is 6.10 Å². The highest BCUT2D eigenvalue weighted by molar-refractivity contribution is 7.53. The van der Waals surface area contributed by atoms with Crippen molar-refractivity contribution in [3.8, 4) is 0 Å². The van der Waals surface area contributed by atoms with Crippen molar-refractivity contribution in [2.75, 3.05) is 34.8 Å². The lowest BCUT2D eigenvalue weighted by atomic mass is 9.84. The summed E-state index contributed by atoms with van der Waals surface area (Å²) in [7, 11) is 3.69. The predicted molar refractivity (Wildman–Crippen MR) is 113 cm³/mol. The Bertz CT molecular complexity index is 430. The molecule has 0 heterocycles. The Hall–Kier alpha value is 0.0700. The summed E-state index contributed by atoms with van der Waals surface area (Å²) in [6.07, 6.45) is 14.7. The normalized spacial score (nSPS) is 24.5. The van der Waals surface area contributed by atoms with Gasteiger partial charge in [0.2, 0.25) is 5.85 Å². The molecular formula is C21H45NO4P+. The zero-order chi connectivity index (χ0) is 20.3. The van der Waals surface area contributed by atoms with E-state index >= 15 is 0 Å². The molecule has 1 fully saturated rings. The summed E-state index contributed by atoms with van der Waals surface area (Å²) < 4.78 is 24.2. The van der Waals surface area contributed by atoms with Crippen LogP contribution in [0.15, 0.2) is 0 Å². The van der Waals surface area contributed by atoms with Gasteiger partial charge in [-0.2, -0.15) is 0 Å². The zero-order valence-corrected chi connectivity index (χ0v) is 19.4. The molecule has 0 aromatic rings. The van der Waals surface area contributed by atoms with Crippen molar-refractivity contribution in [2.45, 2.75) is 95.9 Å². The molecule has 0 saturated heterocycles. The molecule has 0 radical (unpaired) electrons. The molecule has 1 rings (SSSR count). The molecule has 0 aromatic heterocycles. The molecule has 27 heavy (non-hydrogen) atoms. The Balaban J connectivity index is 2.26. The molecule has 0 aliphatic heterocycles. The van der Waals surface area contributed by atoms with Crippen molar-refractivity contribution in [1.29, 1.82) is 0 Å². The second kappa shape index (κ2) is 12.6. The fourth-order valence-electron chi connectivity index (χ4n) is 3.98. The SMILES string of the molecule is CCCCCCCCCC1CCC(OP(=O)(O)C(C[N+](C)(C)C)OC)CC1. The van der Waals surface area contributed by atoms with E-state index in [2.05, 4.69) is 6.92 Å². The molecule has 5 nitrogen and oxygen atoms in total. The summed E-state index contributed by atoms with van der Waals surface area (Å²) in [5.74, 6) is 0.00552. The fraction of sp³-hybridized carbons (Fsp3) is 1.00.